The Morgan fingerprint density at radius 3 is 2.65 bits per heavy atom. The molecule has 0 aromatic carbocycles. The zero-order valence-electron chi connectivity index (χ0n) is 10.7. The van der Waals surface area contributed by atoms with Gasteiger partial charge in [-0.05, 0) is 31.9 Å². The average molecular weight is 236 g/mol. The highest BCUT2D eigenvalue weighted by atomic mass is 16.3. The van der Waals surface area contributed by atoms with Gasteiger partial charge < -0.3 is 10.4 Å². The van der Waals surface area contributed by atoms with Crippen molar-refractivity contribution in [2.24, 2.45) is 0 Å². The van der Waals surface area contributed by atoms with Gasteiger partial charge in [-0.1, -0.05) is 13.8 Å². The first-order valence-electron chi connectivity index (χ1n) is 5.94. The summed E-state index contributed by atoms with van der Waals surface area (Å²) in [4.78, 5) is 15.9. The first-order chi connectivity index (χ1) is 8.02. The van der Waals surface area contributed by atoms with Crippen molar-refractivity contribution in [3.8, 4) is 0 Å². The molecule has 1 rings (SSSR count). The maximum Gasteiger partial charge on any atom is 0.253 e. The number of nitrogens with zero attached hydrogens (tertiary/aromatic N) is 1. The monoisotopic (exact) mass is 236 g/mol. The number of hydrogen-bond acceptors (Lipinski definition) is 3. The van der Waals surface area contributed by atoms with E-state index in [1.807, 2.05) is 13.8 Å². The summed E-state index contributed by atoms with van der Waals surface area (Å²) < 4.78 is 0. The zero-order chi connectivity index (χ0) is 12.9. The maximum absolute atomic E-state index is 11.9. The van der Waals surface area contributed by atoms with Gasteiger partial charge in [0.2, 0.25) is 0 Å². The average Bonchev–Trinajstić information content (AvgIpc) is 2.36. The van der Waals surface area contributed by atoms with Crippen molar-refractivity contribution in [1.29, 1.82) is 0 Å². The first-order valence-corrected chi connectivity index (χ1v) is 5.94. The van der Waals surface area contributed by atoms with E-state index in [4.69, 9.17) is 0 Å². The Kier molecular flexibility index (Phi) is 4.63. The second-order valence-electron chi connectivity index (χ2n) is 4.25. The van der Waals surface area contributed by atoms with E-state index < -0.39 is 5.60 Å². The third kappa shape index (κ3) is 3.53. The van der Waals surface area contributed by atoms with Crippen LogP contribution in [0, 0.1) is 6.92 Å². The van der Waals surface area contributed by atoms with Crippen molar-refractivity contribution in [1.82, 2.24) is 10.3 Å². The smallest absolute Gasteiger partial charge is 0.253 e. The summed E-state index contributed by atoms with van der Waals surface area (Å²) in [7, 11) is 0. The van der Waals surface area contributed by atoms with E-state index in [1.54, 1.807) is 25.3 Å². The van der Waals surface area contributed by atoms with Crippen LogP contribution in [0.2, 0.25) is 0 Å². The molecule has 1 aromatic rings. The quantitative estimate of drug-likeness (QED) is 0.817. The molecule has 0 aliphatic heterocycles. The molecule has 4 nitrogen and oxygen atoms in total. The van der Waals surface area contributed by atoms with E-state index in [2.05, 4.69) is 10.3 Å². The molecular formula is C13H20N2O2. The van der Waals surface area contributed by atoms with Gasteiger partial charge in [0.15, 0.2) is 0 Å². The molecule has 0 saturated heterocycles. The molecule has 0 bridgehead atoms. The second kappa shape index (κ2) is 5.77. The minimum atomic E-state index is -0.814. The normalized spacial score (nSPS) is 11.3. The molecule has 17 heavy (non-hydrogen) atoms. The van der Waals surface area contributed by atoms with Crippen molar-refractivity contribution in [2.75, 3.05) is 6.54 Å². The number of pyridine rings is 1. The molecule has 0 unspecified atom stereocenters. The van der Waals surface area contributed by atoms with Crippen molar-refractivity contribution in [3.05, 3.63) is 29.6 Å². The second-order valence-corrected chi connectivity index (χ2v) is 4.25. The van der Waals surface area contributed by atoms with E-state index >= 15 is 0 Å². The van der Waals surface area contributed by atoms with Crippen molar-refractivity contribution in [3.63, 3.8) is 0 Å². The summed E-state index contributed by atoms with van der Waals surface area (Å²) in [6.45, 7) is 5.88. The predicted octanol–water partition coefficient (Wildman–Crippen LogP) is 1.67. The van der Waals surface area contributed by atoms with Crippen molar-refractivity contribution in [2.45, 2.75) is 39.2 Å². The van der Waals surface area contributed by atoms with E-state index in [0.29, 0.717) is 24.1 Å². The number of carbonyl (C=O) groups excluding carboxylic acids is 1. The molecule has 94 valence electrons. The summed E-state index contributed by atoms with van der Waals surface area (Å²) >= 11 is 0. The standard InChI is InChI=1S/C13H20N2O2/c1-4-13(17,5-2)9-15-12(16)11-7-6-8-14-10(11)3/h6-8,17H,4-5,9H2,1-3H3,(H,15,16). The van der Waals surface area contributed by atoms with Crippen molar-refractivity contribution >= 4 is 5.91 Å². The Labute approximate surface area is 102 Å². The van der Waals surface area contributed by atoms with Crippen LogP contribution >= 0.6 is 0 Å². The number of rotatable bonds is 5. The fourth-order valence-electron chi connectivity index (χ4n) is 1.56. The third-order valence-corrected chi connectivity index (χ3v) is 3.15. The summed E-state index contributed by atoms with van der Waals surface area (Å²) in [6.07, 6.45) is 2.89. The van der Waals surface area contributed by atoms with Crippen LogP contribution in [-0.2, 0) is 0 Å². The lowest BCUT2D eigenvalue weighted by Crippen LogP contribution is -2.42. The molecule has 0 spiro atoms. The lowest BCUT2D eigenvalue weighted by atomic mass is 9.97. The number of carbonyl (C=O) groups is 1. The minimum absolute atomic E-state index is 0.184. The molecule has 0 aliphatic carbocycles. The third-order valence-electron chi connectivity index (χ3n) is 3.15. The Bertz CT molecular complexity index is 387. The van der Waals surface area contributed by atoms with E-state index in [1.165, 1.54) is 0 Å². The van der Waals surface area contributed by atoms with Crippen LogP contribution < -0.4 is 5.32 Å². The SMILES string of the molecule is CCC(O)(CC)CNC(=O)c1cccnc1C. The molecule has 0 saturated carbocycles. The molecule has 4 heteroatoms. The molecule has 0 fully saturated rings. The summed E-state index contributed by atoms with van der Waals surface area (Å²) in [6, 6.07) is 3.46. The molecular weight excluding hydrogens is 216 g/mol. The van der Waals surface area contributed by atoms with Crippen LogP contribution in [0.5, 0.6) is 0 Å². The highest BCUT2D eigenvalue weighted by molar-refractivity contribution is 5.95. The van der Waals surface area contributed by atoms with Gasteiger partial charge in [0.1, 0.15) is 0 Å². The topological polar surface area (TPSA) is 62.2 Å². The number of aryl methyl sites for hydroxylation is 1. The van der Waals surface area contributed by atoms with Gasteiger partial charge in [-0.2, -0.15) is 0 Å². The Morgan fingerprint density at radius 1 is 1.47 bits per heavy atom. The highest BCUT2D eigenvalue weighted by Crippen LogP contribution is 2.13. The highest BCUT2D eigenvalue weighted by Gasteiger charge is 2.23. The summed E-state index contributed by atoms with van der Waals surface area (Å²) in [5.41, 5.74) is 0.440. The molecule has 0 atom stereocenters. The molecule has 2 N–H and O–H groups in total. The Morgan fingerprint density at radius 2 is 2.12 bits per heavy atom. The molecule has 0 aliphatic rings. The van der Waals surface area contributed by atoms with E-state index in [-0.39, 0.29) is 12.5 Å². The fraction of sp³-hybridized carbons (Fsp3) is 0.538. The van der Waals surface area contributed by atoms with Gasteiger partial charge in [-0.15, -0.1) is 0 Å². The predicted molar refractivity (Wildman–Crippen MR) is 66.8 cm³/mol. The van der Waals surface area contributed by atoms with Gasteiger partial charge in [0.25, 0.3) is 5.91 Å². The summed E-state index contributed by atoms with van der Waals surface area (Å²) in [5.74, 6) is -0.184. The Hall–Kier alpha value is -1.42. The number of aliphatic hydroxyl groups is 1. The maximum atomic E-state index is 11.9. The van der Waals surface area contributed by atoms with Crippen LogP contribution in [0.3, 0.4) is 0 Å². The lowest BCUT2D eigenvalue weighted by Gasteiger charge is -2.25. The molecule has 1 aromatic heterocycles. The fourth-order valence-corrected chi connectivity index (χ4v) is 1.56. The largest absolute Gasteiger partial charge is 0.388 e. The van der Waals surface area contributed by atoms with Gasteiger partial charge in [0, 0.05) is 18.4 Å². The van der Waals surface area contributed by atoms with E-state index in [9.17, 15) is 9.90 Å². The lowest BCUT2D eigenvalue weighted by molar-refractivity contribution is 0.0314. The van der Waals surface area contributed by atoms with Crippen LogP contribution in [-0.4, -0.2) is 28.1 Å². The van der Waals surface area contributed by atoms with Crippen LogP contribution in [0.4, 0.5) is 0 Å². The Balaban J connectivity index is 2.65. The van der Waals surface area contributed by atoms with Crippen LogP contribution in [0.15, 0.2) is 18.3 Å². The van der Waals surface area contributed by atoms with Crippen molar-refractivity contribution < 1.29 is 9.90 Å². The van der Waals surface area contributed by atoms with Crippen LogP contribution in [0.1, 0.15) is 42.7 Å². The van der Waals surface area contributed by atoms with Crippen LogP contribution in [0.25, 0.3) is 0 Å². The zero-order valence-corrected chi connectivity index (χ0v) is 10.7. The number of amides is 1. The van der Waals surface area contributed by atoms with Gasteiger partial charge in [-0.25, -0.2) is 0 Å². The van der Waals surface area contributed by atoms with E-state index in [0.717, 1.165) is 0 Å². The molecule has 1 heterocycles. The molecule has 1 amide bonds. The number of hydrogen-bond donors (Lipinski definition) is 2. The van der Waals surface area contributed by atoms with Gasteiger partial charge >= 0.3 is 0 Å². The number of aromatic nitrogens is 1. The summed E-state index contributed by atoms with van der Waals surface area (Å²) in [5, 5.41) is 12.8. The van der Waals surface area contributed by atoms with Gasteiger partial charge in [-0.3, -0.25) is 9.78 Å². The first kappa shape index (κ1) is 13.6. The van der Waals surface area contributed by atoms with Gasteiger partial charge in [0.05, 0.1) is 11.2 Å². The minimum Gasteiger partial charge on any atom is -0.388 e. The molecule has 0 radical (unpaired) electrons. The number of nitrogens with one attached hydrogen (secondary N) is 1.